The Balaban J connectivity index is 1.59. The fourth-order valence-corrected chi connectivity index (χ4v) is 4.07. The maximum atomic E-state index is 12.4. The van der Waals surface area contributed by atoms with Crippen LogP contribution in [0.1, 0.15) is 16.8 Å². The van der Waals surface area contributed by atoms with Crippen molar-refractivity contribution in [1.29, 1.82) is 0 Å². The number of hydrogen-bond donors (Lipinski definition) is 3. The van der Waals surface area contributed by atoms with Crippen LogP contribution in [0.3, 0.4) is 0 Å². The summed E-state index contributed by atoms with van der Waals surface area (Å²) >= 11 is 0. The molecule has 8 heteroatoms. The van der Waals surface area contributed by atoms with E-state index < -0.39 is 10.0 Å². The molecule has 0 aliphatic heterocycles. The maximum Gasteiger partial charge on any atom is 0.240 e. The van der Waals surface area contributed by atoms with Gasteiger partial charge in [-0.1, -0.05) is 35.9 Å². The minimum atomic E-state index is -3.55. The Morgan fingerprint density at radius 3 is 2.34 bits per heavy atom. The summed E-state index contributed by atoms with van der Waals surface area (Å²) in [5.74, 6) is 1.11. The van der Waals surface area contributed by atoms with Crippen LogP contribution in [0.15, 0.2) is 59.5 Å². The quantitative estimate of drug-likeness (QED) is 0.491. The van der Waals surface area contributed by atoms with E-state index in [9.17, 15) is 8.42 Å². The minimum Gasteiger partial charge on any atom is -0.353 e. The van der Waals surface area contributed by atoms with Gasteiger partial charge in [-0.25, -0.2) is 18.1 Å². The summed E-state index contributed by atoms with van der Waals surface area (Å²) in [5.41, 5.74) is 3.63. The van der Waals surface area contributed by atoms with Gasteiger partial charge in [-0.15, -0.1) is 0 Å². The summed E-state index contributed by atoms with van der Waals surface area (Å²) in [6.45, 7) is 6.27. The average molecular weight is 412 g/mol. The van der Waals surface area contributed by atoms with E-state index in [0.29, 0.717) is 23.9 Å². The monoisotopic (exact) mass is 411 g/mol. The fourth-order valence-electron chi connectivity index (χ4n) is 2.79. The van der Waals surface area contributed by atoms with Gasteiger partial charge in [0.1, 0.15) is 5.82 Å². The van der Waals surface area contributed by atoms with Crippen molar-refractivity contribution in [1.82, 2.24) is 14.7 Å². The second-order valence-corrected chi connectivity index (χ2v) is 8.53. The summed E-state index contributed by atoms with van der Waals surface area (Å²) in [6.07, 6.45) is 0. The van der Waals surface area contributed by atoms with Crippen LogP contribution in [0, 0.1) is 20.8 Å². The molecule has 3 rings (SSSR count). The molecule has 0 atom stereocenters. The third kappa shape index (κ3) is 5.75. The van der Waals surface area contributed by atoms with Crippen LogP contribution >= 0.6 is 0 Å². The number of aromatic nitrogens is 2. The number of anilines is 3. The van der Waals surface area contributed by atoms with Gasteiger partial charge < -0.3 is 10.6 Å². The van der Waals surface area contributed by atoms with E-state index in [1.54, 1.807) is 25.1 Å². The molecule has 0 saturated carbocycles. The Hall–Kier alpha value is -2.97. The van der Waals surface area contributed by atoms with Gasteiger partial charge in [0, 0.05) is 30.5 Å². The predicted molar refractivity (Wildman–Crippen MR) is 116 cm³/mol. The molecular formula is C21H25N5O2S. The van der Waals surface area contributed by atoms with Gasteiger partial charge in [0.25, 0.3) is 0 Å². The zero-order valence-corrected chi connectivity index (χ0v) is 17.5. The van der Waals surface area contributed by atoms with Crippen molar-refractivity contribution in [3.63, 3.8) is 0 Å². The lowest BCUT2D eigenvalue weighted by Gasteiger charge is -2.11. The summed E-state index contributed by atoms with van der Waals surface area (Å²) in [4.78, 5) is 9.09. The summed E-state index contributed by atoms with van der Waals surface area (Å²) in [6, 6.07) is 16.8. The summed E-state index contributed by atoms with van der Waals surface area (Å²) in [7, 11) is -3.55. The highest BCUT2D eigenvalue weighted by atomic mass is 32.2. The molecule has 0 aliphatic rings. The Labute approximate surface area is 171 Å². The molecule has 0 unspecified atom stereocenters. The van der Waals surface area contributed by atoms with Crippen LogP contribution in [0.5, 0.6) is 0 Å². The van der Waals surface area contributed by atoms with Crippen molar-refractivity contribution in [2.45, 2.75) is 25.7 Å². The lowest BCUT2D eigenvalue weighted by atomic mass is 10.2. The van der Waals surface area contributed by atoms with E-state index in [1.165, 1.54) is 5.56 Å². The number of hydrogen-bond acceptors (Lipinski definition) is 6. The molecule has 0 amide bonds. The molecule has 2 aromatic carbocycles. The molecule has 1 aromatic heterocycles. The third-order valence-corrected chi connectivity index (χ3v) is 5.88. The number of benzene rings is 2. The number of nitrogens with zero attached hydrogens (tertiary/aromatic N) is 2. The first-order chi connectivity index (χ1) is 13.8. The van der Waals surface area contributed by atoms with E-state index in [1.807, 2.05) is 50.2 Å². The smallest absolute Gasteiger partial charge is 0.240 e. The van der Waals surface area contributed by atoms with Crippen LogP contribution in [0.25, 0.3) is 0 Å². The van der Waals surface area contributed by atoms with Crippen molar-refractivity contribution in [3.8, 4) is 0 Å². The van der Waals surface area contributed by atoms with Crippen LogP contribution < -0.4 is 15.4 Å². The van der Waals surface area contributed by atoms with E-state index in [4.69, 9.17) is 0 Å². The molecule has 0 bridgehead atoms. The van der Waals surface area contributed by atoms with E-state index in [0.717, 1.165) is 11.4 Å². The first-order valence-corrected chi connectivity index (χ1v) is 10.8. The van der Waals surface area contributed by atoms with Gasteiger partial charge in [-0.05, 0) is 44.5 Å². The lowest BCUT2D eigenvalue weighted by molar-refractivity contribution is 0.582. The maximum absolute atomic E-state index is 12.4. The molecule has 0 aliphatic carbocycles. The second kappa shape index (κ2) is 9.02. The SMILES string of the molecule is Cc1ccc(Nc2cc(C)nc(NCCNS(=O)(=O)c3ccccc3C)n2)cc1. The molecule has 3 N–H and O–H groups in total. The van der Waals surface area contributed by atoms with Gasteiger partial charge in [0.2, 0.25) is 16.0 Å². The Kier molecular flexibility index (Phi) is 6.46. The van der Waals surface area contributed by atoms with Crippen LogP contribution in [-0.2, 0) is 10.0 Å². The van der Waals surface area contributed by atoms with Gasteiger partial charge >= 0.3 is 0 Å². The second-order valence-electron chi connectivity index (χ2n) is 6.80. The number of aryl methyl sites for hydroxylation is 3. The van der Waals surface area contributed by atoms with Crippen molar-refractivity contribution in [2.75, 3.05) is 23.7 Å². The Morgan fingerprint density at radius 2 is 1.62 bits per heavy atom. The van der Waals surface area contributed by atoms with E-state index >= 15 is 0 Å². The van der Waals surface area contributed by atoms with Gasteiger partial charge in [-0.3, -0.25) is 0 Å². The summed E-state index contributed by atoms with van der Waals surface area (Å²) < 4.78 is 27.4. The van der Waals surface area contributed by atoms with E-state index in [2.05, 4.69) is 25.3 Å². The minimum absolute atomic E-state index is 0.217. The van der Waals surface area contributed by atoms with Crippen molar-refractivity contribution >= 4 is 27.5 Å². The standard InChI is InChI=1S/C21H25N5O2S/c1-15-8-10-18(11-9-15)25-20-14-17(3)24-21(26-20)22-12-13-23-29(27,28)19-7-5-4-6-16(19)2/h4-11,14,23H,12-13H2,1-3H3,(H2,22,24,25,26). The van der Waals surface area contributed by atoms with Crippen molar-refractivity contribution in [3.05, 3.63) is 71.4 Å². The first kappa shape index (κ1) is 20.8. The third-order valence-electron chi connectivity index (χ3n) is 4.26. The molecule has 7 nitrogen and oxygen atoms in total. The fraction of sp³-hybridized carbons (Fsp3) is 0.238. The predicted octanol–water partition coefficient (Wildman–Crippen LogP) is 3.54. The molecule has 29 heavy (non-hydrogen) atoms. The molecule has 0 saturated heterocycles. The van der Waals surface area contributed by atoms with Crippen LogP contribution in [0.2, 0.25) is 0 Å². The number of sulfonamides is 1. The van der Waals surface area contributed by atoms with Crippen LogP contribution in [-0.4, -0.2) is 31.5 Å². The van der Waals surface area contributed by atoms with Crippen LogP contribution in [0.4, 0.5) is 17.5 Å². The number of nitrogens with one attached hydrogen (secondary N) is 3. The van der Waals surface area contributed by atoms with Crippen molar-refractivity contribution < 1.29 is 8.42 Å². The largest absolute Gasteiger partial charge is 0.353 e. The number of rotatable bonds is 8. The molecule has 0 radical (unpaired) electrons. The van der Waals surface area contributed by atoms with E-state index in [-0.39, 0.29) is 11.4 Å². The molecule has 1 heterocycles. The first-order valence-electron chi connectivity index (χ1n) is 9.32. The zero-order chi connectivity index (χ0) is 20.9. The molecular weight excluding hydrogens is 386 g/mol. The average Bonchev–Trinajstić information content (AvgIpc) is 2.67. The molecule has 0 spiro atoms. The Bertz CT molecular complexity index is 1080. The molecule has 152 valence electrons. The highest BCUT2D eigenvalue weighted by Crippen LogP contribution is 2.17. The molecule has 3 aromatic rings. The topological polar surface area (TPSA) is 96.0 Å². The van der Waals surface area contributed by atoms with Gasteiger partial charge in [0.05, 0.1) is 4.90 Å². The highest BCUT2D eigenvalue weighted by Gasteiger charge is 2.15. The Morgan fingerprint density at radius 1 is 0.897 bits per heavy atom. The van der Waals surface area contributed by atoms with Gasteiger partial charge in [-0.2, -0.15) is 4.98 Å². The molecule has 0 fully saturated rings. The van der Waals surface area contributed by atoms with Gasteiger partial charge in [0.15, 0.2) is 0 Å². The normalized spacial score (nSPS) is 11.3. The highest BCUT2D eigenvalue weighted by molar-refractivity contribution is 7.89. The zero-order valence-electron chi connectivity index (χ0n) is 16.7. The van der Waals surface area contributed by atoms with Crippen molar-refractivity contribution in [2.24, 2.45) is 0 Å². The lowest BCUT2D eigenvalue weighted by Crippen LogP contribution is -2.29. The summed E-state index contributed by atoms with van der Waals surface area (Å²) in [5, 5.41) is 6.32.